The van der Waals surface area contributed by atoms with Crippen LogP contribution in [0.15, 0.2) is 48.7 Å². The van der Waals surface area contributed by atoms with Crippen LogP contribution in [0.3, 0.4) is 0 Å². The number of aromatic hydroxyl groups is 1. The first kappa shape index (κ1) is 13.5. The zero-order valence-electron chi connectivity index (χ0n) is 11.9. The molecule has 0 fully saturated rings. The summed E-state index contributed by atoms with van der Waals surface area (Å²) in [6, 6.07) is 13.1. The highest BCUT2D eigenvalue weighted by atomic mass is 16.5. The Morgan fingerprint density at radius 2 is 1.90 bits per heavy atom. The number of rotatable bonds is 4. The molecule has 0 aliphatic carbocycles. The van der Waals surface area contributed by atoms with E-state index < -0.39 is 0 Å². The number of hydrogen-bond acceptors (Lipinski definition) is 3. The molecule has 108 valence electrons. The van der Waals surface area contributed by atoms with Crippen molar-refractivity contribution in [3.05, 3.63) is 59.8 Å². The molecule has 4 nitrogen and oxygen atoms in total. The summed E-state index contributed by atoms with van der Waals surface area (Å²) in [4.78, 5) is 0. The van der Waals surface area contributed by atoms with Crippen molar-refractivity contribution in [3.8, 4) is 11.5 Å². The van der Waals surface area contributed by atoms with Crippen molar-refractivity contribution in [1.29, 1.82) is 0 Å². The minimum Gasteiger partial charge on any atom is -0.504 e. The van der Waals surface area contributed by atoms with Crippen molar-refractivity contribution < 1.29 is 9.84 Å². The summed E-state index contributed by atoms with van der Waals surface area (Å²) in [7, 11) is 2.00. The highest BCUT2D eigenvalue weighted by Crippen LogP contribution is 2.28. The molecule has 3 N–H and O–H groups in total. The van der Waals surface area contributed by atoms with Gasteiger partial charge in [-0.25, -0.2) is 0 Å². The molecule has 0 unspecified atom stereocenters. The van der Waals surface area contributed by atoms with E-state index in [1.165, 1.54) is 0 Å². The van der Waals surface area contributed by atoms with Crippen molar-refractivity contribution in [2.24, 2.45) is 12.8 Å². The summed E-state index contributed by atoms with van der Waals surface area (Å²) in [6.45, 7) is 0.915. The van der Waals surface area contributed by atoms with Crippen LogP contribution in [0.25, 0.3) is 10.9 Å². The van der Waals surface area contributed by atoms with E-state index in [9.17, 15) is 5.11 Å². The lowest BCUT2D eigenvalue weighted by Gasteiger charge is -2.07. The molecule has 2 aromatic carbocycles. The number of ether oxygens (including phenoxy) is 1. The highest BCUT2D eigenvalue weighted by Gasteiger charge is 2.10. The Morgan fingerprint density at radius 1 is 1.10 bits per heavy atom. The van der Waals surface area contributed by atoms with E-state index >= 15 is 0 Å². The van der Waals surface area contributed by atoms with Gasteiger partial charge in [0.25, 0.3) is 0 Å². The predicted octanol–water partition coefficient (Wildman–Crippen LogP) is 2.92. The van der Waals surface area contributed by atoms with E-state index in [1.54, 1.807) is 18.2 Å². The van der Waals surface area contributed by atoms with Crippen molar-refractivity contribution in [3.63, 3.8) is 0 Å². The molecule has 0 saturated heterocycles. The first-order chi connectivity index (χ1) is 10.2. The number of benzene rings is 2. The summed E-state index contributed by atoms with van der Waals surface area (Å²) in [6.07, 6.45) is 2.05. The van der Waals surface area contributed by atoms with Crippen LogP contribution < -0.4 is 10.5 Å². The lowest BCUT2D eigenvalue weighted by atomic mass is 10.1. The van der Waals surface area contributed by atoms with E-state index in [0.717, 1.165) is 22.0 Å². The number of nitrogens with two attached hydrogens (primary N) is 1. The van der Waals surface area contributed by atoms with Crippen LogP contribution in [0.2, 0.25) is 0 Å². The molecule has 0 saturated carbocycles. The first-order valence-corrected chi connectivity index (χ1v) is 6.87. The van der Waals surface area contributed by atoms with Crippen LogP contribution in [-0.4, -0.2) is 9.67 Å². The molecule has 0 atom stereocenters. The summed E-state index contributed by atoms with van der Waals surface area (Å²) in [5.41, 5.74) is 9.13. The van der Waals surface area contributed by atoms with Crippen LogP contribution in [-0.2, 0) is 20.2 Å². The largest absolute Gasteiger partial charge is 0.504 e. The highest BCUT2D eigenvalue weighted by molar-refractivity contribution is 5.86. The molecule has 1 heterocycles. The Labute approximate surface area is 123 Å². The number of aromatic nitrogens is 1. The minimum absolute atomic E-state index is 0.153. The van der Waals surface area contributed by atoms with Crippen LogP contribution >= 0.6 is 0 Å². The van der Waals surface area contributed by atoms with Gasteiger partial charge in [0.15, 0.2) is 11.5 Å². The molecule has 4 heteroatoms. The quantitative estimate of drug-likeness (QED) is 0.773. The molecule has 3 aromatic rings. The van der Waals surface area contributed by atoms with Gasteiger partial charge in [0, 0.05) is 30.7 Å². The third-order valence-electron chi connectivity index (χ3n) is 3.64. The molecule has 3 rings (SSSR count). The molecular formula is C17H18N2O2. The fourth-order valence-corrected chi connectivity index (χ4v) is 2.65. The van der Waals surface area contributed by atoms with Crippen LogP contribution in [0.5, 0.6) is 11.5 Å². The number of phenolic OH excluding ortho intramolecular Hbond substituents is 1. The van der Waals surface area contributed by atoms with Gasteiger partial charge in [-0.15, -0.1) is 0 Å². The number of fused-ring (bicyclic) bond motifs is 1. The van der Waals surface area contributed by atoms with Crippen LogP contribution in [0.1, 0.15) is 11.1 Å². The molecule has 0 bridgehead atoms. The molecule has 0 radical (unpaired) electrons. The number of phenols is 1. The van der Waals surface area contributed by atoms with Gasteiger partial charge < -0.3 is 20.1 Å². The average Bonchev–Trinajstić information content (AvgIpc) is 2.83. The Hall–Kier alpha value is -2.46. The molecule has 0 amide bonds. The van der Waals surface area contributed by atoms with Gasteiger partial charge in [-0.1, -0.05) is 30.3 Å². The van der Waals surface area contributed by atoms with E-state index in [-0.39, 0.29) is 5.75 Å². The summed E-state index contributed by atoms with van der Waals surface area (Å²) in [5.74, 6) is 0.643. The second-order valence-corrected chi connectivity index (χ2v) is 5.04. The molecular weight excluding hydrogens is 264 g/mol. The SMILES string of the molecule is Cn1cc(COc2ccccc2O)c2cccc(CN)c21. The van der Waals surface area contributed by atoms with Crippen molar-refractivity contribution in [1.82, 2.24) is 4.57 Å². The monoisotopic (exact) mass is 282 g/mol. The molecule has 1 aromatic heterocycles. The zero-order chi connectivity index (χ0) is 14.8. The fourth-order valence-electron chi connectivity index (χ4n) is 2.65. The standard InChI is InChI=1S/C17H18N2O2/c1-19-10-13(11-21-16-8-3-2-7-15(16)20)14-6-4-5-12(9-18)17(14)19/h2-8,10,20H,9,11,18H2,1H3. The maximum Gasteiger partial charge on any atom is 0.161 e. The van der Waals surface area contributed by atoms with Crippen molar-refractivity contribution in [2.75, 3.05) is 0 Å². The summed E-state index contributed by atoms with van der Waals surface area (Å²) < 4.78 is 7.79. The number of aryl methyl sites for hydroxylation is 1. The van der Waals surface area contributed by atoms with Crippen molar-refractivity contribution in [2.45, 2.75) is 13.2 Å². The maximum absolute atomic E-state index is 9.74. The Bertz CT molecular complexity index is 778. The normalized spacial score (nSPS) is 11.0. The Balaban J connectivity index is 1.93. The topological polar surface area (TPSA) is 60.4 Å². The molecule has 0 aliphatic heterocycles. The van der Waals surface area contributed by atoms with Gasteiger partial charge in [-0.2, -0.15) is 0 Å². The Morgan fingerprint density at radius 3 is 2.67 bits per heavy atom. The second kappa shape index (κ2) is 5.50. The number of para-hydroxylation sites is 3. The first-order valence-electron chi connectivity index (χ1n) is 6.87. The van der Waals surface area contributed by atoms with Gasteiger partial charge in [-0.05, 0) is 17.7 Å². The number of nitrogens with zero attached hydrogens (tertiary/aromatic N) is 1. The minimum atomic E-state index is 0.153. The number of hydrogen-bond donors (Lipinski definition) is 2. The summed E-state index contributed by atoms with van der Waals surface area (Å²) in [5, 5.41) is 10.9. The molecule has 0 spiro atoms. The van der Waals surface area contributed by atoms with Crippen LogP contribution in [0.4, 0.5) is 0 Å². The molecule has 21 heavy (non-hydrogen) atoms. The molecule has 0 aliphatic rings. The maximum atomic E-state index is 9.74. The lowest BCUT2D eigenvalue weighted by molar-refractivity contribution is 0.290. The third kappa shape index (κ3) is 2.45. The van der Waals surface area contributed by atoms with E-state index in [4.69, 9.17) is 10.5 Å². The smallest absolute Gasteiger partial charge is 0.161 e. The van der Waals surface area contributed by atoms with Gasteiger partial charge >= 0.3 is 0 Å². The van der Waals surface area contributed by atoms with Gasteiger partial charge in [-0.3, -0.25) is 0 Å². The zero-order valence-corrected chi connectivity index (χ0v) is 11.9. The van der Waals surface area contributed by atoms with Gasteiger partial charge in [0.1, 0.15) is 6.61 Å². The van der Waals surface area contributed by atoms with E-state index in [1.807, 2.05) is 31.4 Å². The second-order valence-electron chi connectivity index (χ2n) is 5.04. The summed E-state index contributed by atoms with van der Waals surface area (Å²) >= 11 is 0. The third-order valence-corrected chi connectivity index (χ3v) is 3.64. The van der Waals surface area contributed by atoms with Crippen LogP contribution in [0, 0.1) is 0 Å². The van der Waals surface area contributed by atoms with Gasteiger partial charge in [0.05, 0.1) is 5.52 Å². The van der Waals surface area contributed by atoms with E-state index in [0.29, 0.717) is 18.9 Å². The average molecular weight is 282 g/mol. The Kier molecular flexibility index (Phi) is 3.54. The predicted molar refractivity (Wildman–Crippen MR) is 83.2 cm³/mol. The fraction of sp³-hybridized carbons (Fsp3) is 0.176. The van der Waals surface area contributed by atoms with Gasteiger partial charge in [0.2, 0.25) is 0 Å². The van der Waals surface area contributed by atoms with Crippen molar-refractivity contribution >= 4 is 10.9 Å². The lowest BCUT2D eigenvalue weighted by Crippen LogP contribution is -1.99. The van der Waals surface area contributed by atoms with E-state index in [2.05, 4.69) is 10.6 Å².